The van der Waals surface area contributed by atoms with Crippen molar-refractivity contribution < 1.29 is 0 Å². The molecule has 0 fully saturated rings. The fraction of sp³-hybridized carbons (Fsp3) is 0.500. The molecule has 1 aromatic heterocycles. The molecule has 0 saturated carbocycles. The lowest BCUT2D eigenvalue weighted by Crippen LogP contribution is -2.04. The Kier molecular flexibility index (Phi) is 1.80. The summed E-state index contributed by atoms with van der Waals surface area (Å²) >= 11 is 0. The van der Waals surface area contributed by atoms with Gasteiger partial charge in [-0.15, -0.1) is 0 Å². The molecule has 0 aliphatic carbocycles. The maximum absolute atomic E-state index is 5.56. The second kappa shape index (κ2) is 2.60. The number of hydrogen-bond acceptors (Lipinski definition) is 3. The Morgan fingerprint density at radius 2 is 2.30 bits per heavy atom. The van der Waals surface area contributed by atoms with E-state index in [-0.39, 0.29) is 0 Å². The predicted molar refractivity (Wildman–Crippen MR) is 41.3 cm³/mol. The van der Waals surface area contributed by atoms with Crippen LogP contribution in [-0.2, 0) is 6.54 Å². The zero-order valence-corrected chi connectivity index (χ0v) is 6.04. The Balaban J connectivity index is 2.83. The minimum Gasteiger partial charge on any atom is -0.394 e. The first kappa shape index (κ1) is 6.92. The minimum atomic E-state index is 0.563. The van der Waals surface area contributed by atoms with Crippen LogP contribution < -0.4 is 11.5 Å². The van der Waals surface area contributed by atoms with E-state index in [2.05, 4.69) is 12.0 Å². The van der Waals surface area contributed by atoms with Crippen LogP contribution in [0.5, 0.6) is 0 Å². The highest BCUT2D eigenvalue weighted by atomic mass is 15.3. The van der Waals surface area contributed by atoms with Crippen LogP contribution >= 0.6 is 0 Å². The van der Waals surface area contributed by atoms with E-state index in [9.17, 15) is 0 Å². The summed E-state index contributed by atoms with van der Waals surface area (Å²) in [6.07, 6.45) is 2.59. The second-order valence-corrected chi connectivity index (χ2v) is 2.21. The number of nitrogens with two attached hydrogens (primary N) is 2. The molecule has 0 spiro atoms. The van der Waals surface area contributed by atoms with Crippen LogP contribution in [0.25, 0.3) is 0 Å². The third-order valence-electron chi connectivity index (χ3n) is 1.35. The Labute approximate surface area is 59.8 Å². The van der Waals surface area contributed by atoms with Gasteiger partial charge in [-0.2, -0.15) is 5.10 Å². The minimum absolute atomic E-state index is 0.563. The van der Waals surface area contributed by atoms with E-state index in [1.54, 1.807) is 10.9 Å². The van der Waals surface area contributed by atoms with E-state index in [1.165, 1.54) is 0 Å². The molecule has 0 aliphatic rings. The van der Waals surface area contributed by atoms with Gasteiger partial charge in [0.1, 0.15) is 5.82 Å². The smallest absolute Gasteiger partial charge is 0.145 e. The highest BCUT2D eigenvalue weighted by Crippen LogP contribution is 2.11. The Morgan fingerprint density at radius 3 is 2.70 bits per heavy atom. The van der Waals surface area contributed by atoms with Crippen LogP contribution in [0.4, 0.5) is 11.5 Å². The standard InChI is InChI=1S/C6H12N4/c1-2-3-10-6(8)5(7)4-9-10/h4H,2-3,7-8H2,1H3. The van der Waals surface area contributed by atoms with Gasteiger partial charge in [0.2, 0.25) is 0 Å². The molecule has 0 bridgehead atoms. The van der Waals surface area contributed by atoms with Gasteiger partial charge in [-0.05, 0) is 6.42 Å². The number of hydrogen-bond donors (Lipinski definition) is 2. The average Bonchev–Trinajstić information content (AvgIpc) is 2.20. The van der Waals surface area contributed by atoms with Gasteiger partial charge < -0.3 is 11.5 Å². The normalized spacial score (nSPS) is 10.1. The number of anilines is 2. The Morgan fingerprint density at radius 1 is 1.60 bits per heavy atom. The molecule has 0 radical (unpaired) electrons. The van der Waals surface area contributed by atoms with Crippen molar-refractivity contribution in [1.29, 1.82) is 0 Å². The highest BCUT2D eigenvalue weighted by molar-refractivity contribution is 5.56. The molecule has 56 valence electrons. The lowest BCUT2D eigenvalue weighted by molar-refractivity contribution is 0.611. The van der Waals surface area contributed by atoms with E-state index in [0.717, 1.165) is 13.0 Å². The van der Waals surface area contributed by atoms with Crippen molar-refractivity contribution in [1.82, 2.24) is 9.78 Å². The maximum Gasteiger partial charge on any atom is 0.145 e. The van der Waals surface area contributed by atoms with Gasteiger partial charge in [0, 0.05) is 6.54 Å². The summed E-state index contributed by atoms with van der Waals surface area (Å²) in [7, 11) is 0. The molecular formula is C6H12N4. The van der Waals surface area contributed by atoms with Crippen LogP contribution in [0.2, 0.25) is 0 Å². The molecular weight excluding hydrogens is 128 g/mol. The van der Waals surface area contributed by atoms with Crippen LogP contribution in [0.3, 0.4) is 0 Å². The molecule has 1 aromatic rings. The van der Waals surface area contributed by atoms with Gasteiger partial charge in [-0.25, -0.2) is 4.68 Å². The van der Waals surface area contributed by atoms with Crippen LogP contribution in [0, 0.1) is 0 Å². The summed E-state index contributed by atoms with van der Waals surface area (Å²) in [5.74, 6) is 0.571. The Hall–Kier alpha value is -1.19. The quantitative estimate of drug-likeness (QED) is 0.626. The molecule has 1 rings (SSSR count). The number of nitrogen functional groups attached to an aromatic ring is 2. The monoisotopic (exact) mass is 140 g/mol. The average molecular weight is 140 g/mol. The Bertz CT molecular complexity index is 216. The SMILES string of the molecule is CCCn1ncc(N)c1N. The van der Waals surface area contributed by atoms with Crippen molar-refractivity contribution in [2.24, 2.45) is 0 Å². The zero-order chi connectivity index (χ0) is 7.56. The third kappa shape index (κ3) is 1.05. The molecule has 0 saturated heterocycles. The fourth-order valence-corrected chi connectivity index (χ4v) is 0.799. The molecule has 0 amide bonds. The predicted octanol–water partition coefficient (Wildman–Crippen LogP) is 0.458. The summed E-state index contributed by atoms with van der Waals surface area (Å²) in [4.78, 5) is 0. The summed E-state index contributed by atoms with van der Waals surface area (Å²) in [6.45, 7) is 2.90. The second-order valence-electron chi connectivity index (χ2n) is 2.21. The number of aromatic nitrogens is 2. The number of aryl methyl sites for hydroxylation is 1. The van der Waals surface area contributed by atoms with Gasteiger partial charge in [0.25, 0.3) is 0 Å². The molecule has 4 heteroatoms. The molecule has 4 nitrogen and oxygen atoms in total. The van der Waals surface area contributed by atoms with E-state index in [4.69, 9.17) is 11.5 Å². The van der Waals surface area contributed by atoms with Gasteiger partial charge in [0.15, 0.2) is 0 Å². The van der Waals surface area contributed by atoms with Crippen molar-refractivity contribution in [2.45, 2.75) is 19.9 Å². The van der Waals surface area contributed by atoms with Gasteiger partial charge in [0.05, 0.1) is 11.9 Å². The molecule has 0 aromatic carbocycles. The van der Waals surface area contributed by atoms with E-state index in [0.29, 0.717) is 11.5 Å². The van der Waals surface area contributed by atoms with Crippen molar-refractivity contribution in [3.63, 3.8) is 0 Å². The first-order chi connectivity index (χ1) is 4.75. The summed E-state index contributed by atoms with van der Waals surface area (Å²) in [5, 5.41) is 3.97. The topological polar surface area (TPSA) is 69.9 Å². The summed E-state index contributed by atoms with van der Waals surface area (Å²) < 4.78 is 1.70. The molecule has 0 atom stereocenters. The van der Waals surface area contributed by atoms with E-state index in [1.807, 2.05) is 0 Å². The lowest BCUT2D eigenvalue weighted by Gasteiger charge is -1.99. The molecule has 4 N–H and O–H groups in total. The van der Waals surface area contributed by atoms with E-state index < -0.39 is 0 Å². The number of nitrogens with zero attached hydrogens (tertiary/aromatic N) is 2. The van der Waals surface area contributed by atoms with Crippen molar-refractivity contribution in [3.05, 3.63) is 6.20 Å². The first-order valence-corrected chi connectivity index (χ1v) is 3.32. The van der Waals surface area contributed by atoms with E-state index >= 15 is 0 Å². The summed E-state index contributed by atoms with van der Waals surface area (Å²) in [5.41, 5.74) is 11.6. The van der Waals surface area contributed by atoms with Crippen LogP contribution in [0.15, 0.2) is 6.20 Å². The van der Waals surface area contributed by atoms with Gasteiger partial charge >= 0.3 is 0 Å². The molecule has 1 heterocycles. The summed E-state index contributed by atoms with van der Waals surface area (Å²) in [6, 6.07) is 0. The van der Waals surface area contributed by atoms with Crippen molar-refractivity contribution in [3.8, 4) is 0 Å². The highest BCUT2D eigenvalue weighted by Gasteiger charge is 2.00. The molecule has 0 unspecified atom stereocenters. The first-order valence-electron chi connectivity index (χ1n) is 3.32. The largest absolute Gasteiger partial charge is 0.394 e. The van der Waals surface area contributed by atoms with Gasteiger partial charge in [-0.1, -0.05) is 6.92 Å². The lowest BCUT2D eigenvalue weighted by atomic mass is 10.5. The van der Waals surface area contributed by atoms with Gasteiger partial charge in [-0.3, -0.25) is 0 Å². The van der Waals surface area contributed by atoms with Crippen LogP contribution in [0.1, 0.15) is 13.3 Å². The van der Waals surface area contributed by atoms with Crippen LogP contribution in [-0.4, -0.2) is 9.78 Å². The zero-order valence-electron chi connectivity index (χ0n) is 6.04. The number of rotatable bonds is 2. The maximum atomic E-state index is 5.56. The molecule has 0 aliphatic heterocycles. The van der Waals surface area contributed by atoms with Crippen molar-refractivity contribution >= 4 is 11.5 Å². The fourth-order valence-electron chi connectivity index (χ4n) is 0.799. The molecule has 10 heavy (non-hydrogen) atoms. The van der Waals surface area contributed by atoms with Crippen molar-refractivity contribution in [2.75, 3.05) is 11.5 Å². The third-order valence-corrected chi connectivity index (χ3v) is 1.35.